The SMILES string of the molecule is CN=C(NCCCC(=O)NC1CC1)NCc1cc2c(cc1OC(F)F)OCO2.I. The normalized spacial score (nSPS) is 15.0. The monoisotopic (exact) mass is 526 g/mol. The quantitative estimate of drug-likeness (QED) is 0.198. The van der Waals surface area contributed by atoms with Crippen molar-refractivity contribution in [2.45, 2.75) is 44.9 Å². The van der Waals surface area contributed by atoms with E-state index < -0.39 is 6.61 Å². The third-order valence-corrected chi connectivity index (χ3v) is 4.26. The average molecular weight is 526 g/mol. The van der Waals surface area contributed by atoms with E-state index in [2.05, 4.69) is 25.7 Å². The van der Waals surface area contributed by atoms with Crippen LogP contribution in [0.15, 0.2) is 17.1 Å². The van der Waals surface area contributed by atoms with Gasteiger partial charge in [-0.2, -0.15) is 8.78 Å². The lowest BCUT2D eigenvalue weighted by molar-refractivity contribution is -0.121. The number of rotatable bonds is 9. The highest BCUT2D eigenvalue weighted by atomic mass is 127. The second-order valence-electron chi connectivity index (χ2n) is 6.49. The number of alkyl halides is 2. The lowest BCUT2D eigenvalue weighted by Crippen LogP contribution is -2.37. The third-order valence-electron chi connectivity index (χ3n) is 4.26. The van der Waals surface area contributed by atoms with Gasteiger partial charge in [0.2, 0.25) is 12.7 Å². The Morgan fingerprint density at radius 2 is 2.00 bits per heavy atom. The Morgan fingerprint density at radius 3 is 2.66 bits per heavy atom. The van der Waals surface area contributed by atoms with E-state index in [1.807, 2.05) is 0 Å². The van der Waals surface area contributed by atoms with E-state index in [1.54, 1.807) is 13.1 Å². The first kappa shape index (κ1) is 23.2. The molecule has 1 aliphatic carbocycles. The molecule has 1 fully saturated rings. The molecule has 1 aliphatic heterocycles. The average Bonchev–Trinajstić information content (AvgIpc) is 3.35. The Balaban J connectivity index is 0.00000300. The number of nitrogens with one attached hydrogen (secondary N) is 3. The number of halogens is 3. The van der Waals surface area contributed by atoms with E-state index in [4.69, 9.17) is 9.47 Å². The van der Waals surface area contributed by atoms with Crippen molar-refractivity contribution in [1.82, 2.24) is 16.0 Å². The molecule has 0 bridgehead atoms. The van der Waals surface area contributed by atoms with Gasteiger partial charge in [0.25, 0.3) is 0 Å². The first-order chi connectivity index (χ1) is 13.5. The van der Waals surface area contributed by atoms with E-state index >= 15 is 0 Å². The summed E-state index contributed by atoms with van der Waals surface area (Å²) >= 11 is 0. The number of carbonyl (C=O) groups excluding carboxylic acids is 1. The van der Waals surface area contributed by atoms with Gasteiger partial charge in [0.05, 0.1) is 0 Å². The maximum Gasteiger partial charge on any atom is 0.387 e. The molecule has 0 saturated heterocycles. The molecule has 162 valence electrons. The Hall–Kier alpha value is -2.05. The number of fused-ring (bicyclic) bond motifs is 1. The van der Waals surface area contributed by atoms with Crippen LogP contribution in [0.3, 0.4) is 0 Å². The van der Waals surface area contributed by atoms with Crippen LogP contribution in [0.25, 0.3) is 0 Å². The predicted octanol–water partition coefficient (Wildman–Crippen LogP) is 2.36. The Bertz CT molecular complexity index is 732. The smallest absolute Gasteiger partial charge is 0.387 e. The van der Waals surface area contributed by atoms with E-state index in [0.29, 0.717) is 48.5 Å². The fourth-order valence-corrected chi connectivity index (χ4v) is 2.69. The first-order valence-corrected chi connectivity index (χ1v) is 9.16. The lowest BCUT2D eigenvalue weighted by atomic mass is 10.1. The molecule has 3 N–H and O–H groups in total. The van der Waals surface area contributed by atoms with Crippen molar-refractivity contribution in [2.75, 3.05) is 20.4 Å². The van der Waals surface area contributed by atoms with Gasteiger partial charge in [0, 0.05) is 44.2 Å². The largest absolute Gasteiger partial charge is 0.454 e. The van der Waals surface area contributed by atoms with E-state index in [1.165, 1.54) is 6.07 Å². The minimum Gasteiger partial charge on any atom is -0.454 e. The molecule has 0 unspecified atom stereocenters. The molecule has 11 heteroatoms. The standard InChI is InChI=1S/C18H24F2N4O4.HI/c1-21-18(22-6-2-3-16(25)24-12-4-5-12)23-9-11-7-14-15(27-10-26-14)8-13(11)28-17(19)20;/h7-8,12,17H,2-6,9-10H2,1H3,(H,24,25)(H2,21,22,23);1H. The van der Waals surface area contributed by atoms with Crippen LogP contribution >= 0.6 is 24.0 Å². The highest BCUT2D eigenvalue weighted by Crippen LogP contribution is 2.38. The molecule has 29 heavy (non-hydrogen) atoms. The number of nitrogens with zero attached hydrogens (tertiary/aromatic N) is 1. The molecule has 1 heterocycles. The highest BCUT2D eigenvalue weighted by Gasteiger charge is 2.23. The number of carbonyl (C=O) groups is 1. The molecule has 1 amide bonds. The van der Waals surface area contributed by atoms with Gasteiger partial charge < -0.3 is 30.2 Å². The van der Waals surface area contributed by atoms with Crippen LogP contribution in [-0.4, -0.2) is 44.9 Å². The van der Waals surface area contributed by atoms with Crippen LogP contribution in [0, 0.1) is 0 Å². The summed E-state index contributed by atoms with van der Waals surface area (Å²) in [5.41, 5.74) is 0.483. The fraction of sp³-hybridized carbons (Fsp3) is 0.556. The summed E-state index contributed by atoms with van der Waals surface area (Å²) in [4.78, 5) is 15.7. The van der Waals surface area contributed by atoms with Gasteiger partial charge >= 0.3 is 6.61 Å². The van der Waals surface area contributed by atoms with Gasteiger partial charge in [-0.15, -0.1) is 24.0 Å². The van der Waals surface area contributed by atoms with E-state index in [0.717, 1.165) is 12.8 Å². The van der Waals surface area contributed by atoms with Crippen LogP contribution < -0.4 is 30.2 Å². The summed E-state index contributed by atoms with van der Waals surface area (Å²) < 4.78 is 40.4. The van der Waals surface area contributed by atoms with Crippen LogP contribution in [0.5, 0.6) is 17.2 Å². The summed E-state index contributed by atoms with van der Waals surface area (Å²) in [6.45, 7) is -2.16. The number of hydrogen-bond donors (Lipinski definition) is 3. The summed E-state index contributed by atoms with van der Waals surface area (Å²) in [6, 6.07) is 3.35. The summed E-state index contributed by atoms with van der Waals surface area (Å²) in [5.74, 6) is 1.40. The van der Waals surface area contributed by atoms with E-state index in [-0.39, 0.29) is 49.0 Å². The number of aliphatic imine (C=N–C) groups is 1. The van der Waals surface area contributed by atoms with Gasteiger partial charge in [0.15, 0.2) is 17.5 Å². The molecule has 8 nitrogen and oxygen atoms in total. The first-order valence-electron chi connectivity index (χ1n) is 9.16. The van der Waals surface area contributed by atoms with Crippen LogP contribution in [0.1, 0.15) is 31.2 Å². The maximum absolute atomic E-state index is 12.7. The molecule has 1 aromatic rings. The Morgan fingerprint density at radius 1 is 1.28 bits per heavy atom. The number of amides is 1. The van der Waals surface area contributed by atoms with Crippen molar-refractivity contribution in [3.05, 3.63) is 17.7 Å². The Kier molecular flexibility index (Phi) is 8.99. The van der Waals surface area contributed by atoms with Crippen LogP contribution in [-0.2, 0) is 11.3 Å². The van der Waals surface area contributed by atoms with Gasteiger partial charge in [-0.3, -0.25) is 9.79 Å². The maximum atomic E-state index is 12.7. The van der Waals surface area contributed by atoms with Gasteiger partial charge in [0.1, 0.15) is 5.75 Å². The molecule has 0 aromatic heterocycles. The zero-order valence-corrected chi connectivity index (χ0v) is 18.3. The zero-order valence-electron chi connectivity index (χ0n) is 16.0. The molecular formula is C18H25F2IN4O4. The minimum atomic E-state index is -2.95. The number of guanidine groups is 1. The topological polar surface area (TPSA) is 93.2 Å². The van der Waals surface area contributed by atoms with E-state index in [9.17, 15) is 13.6 Å². The predicted molar refractivity (Wildman–Crippen MR) is 113 cm³/mol. The molecule has 1 saturated carbocycles. The second-order valence-corrected chi connectivity index (χ2v) is 6.49. The summed E-state index contributed by atoms with van der Waals surface area (Å²) in [7, 11) is 1.60. The molecule has 3 rings (SSSR count). The van der Waals surface area contributed by atoms with Gasteiger partial charge in [-0.1, -0.05) is 0 Å². The lowest BCUT2D eigenvalue weighted by Gasteiger charge is -2.15. The molecular weight excluding hydrogens is 501 g/mol. The van der Waals surface area contributed by atoms with Crippen molar-refractivity contribution >= 4 is 35.8 Å². The van der Waals surface area contributed by atoms with Gasteiger partial charge in [-0.05, 0) is 25.3 Å². The molecule has 1 aromatic carbocycles. The molecule has 0 spiro atoms. The molecule has 2 aliphatic rings. The highest BCUT2D eigenvalue weighted by molar-refractivity contribution is 14.0. The zero-order chi connectivity index (χ0) is 19.9. The second kappa shape index (κ2) is 11.2. The molecule has 0 atom stereocenters. The number of benzene rings is 1. The van der Waals surface area contributed by atoms with Crippen LogP contribution in [0.4, 0.5) is 8.78 Å². The van der Waals surface area contributed by atoms with Crippen LogP contribution in [0.2, 0.25) is 0 Å². The summed E-state index contributed by atoms with van der Waals surface area (Å²) in [6.07, 6.45) is 3.23. The minimum absolute atomic E-state index is 0. The van der Waals surface area contributed by atoms with Gasteiger partial charge in [-0.25, -0.2) is 0 Å². The number of hydrogen-bond acceptors (Lipinski definition) is 5. The van der Waals surface area contributed by atoms with Crippen molar-refractivity contribution in [3.63, 3.8) is 0 Å². The van der Waals surface area contributed by atoms with Crippen molar-refractivity contribution in [3.8, 4) is 17.2 Å². The fourth-order valence-electron chi connectivity index (χ4n) is 2.69. The number of ether oxygens (including phenoxy) is 3. The summed E-state index contributed by atoms with van der Waals surface area (Å²) in [5, 5.41) is 9.06. The van der Waals surface area contributed by atoms with Crippen molar-refractivity contribution in [1.29, 1.82) is 0 Å². The molecule has 0 radical (unpaired) electrons. The third kappa shape index (κ3) is 7.37. The Labute approximate surface area is 184 Å². The van der Waals surface area contributed by atoms with Crippen molar-refractivity contribution < 1.29 is 27.8 Å². The van der Waals surface area contributed by atoms with Crippen molar-refractivity contribution in [2.24, 2.45) is 4.99 Å².